The van der Waals surface area contributed by atoms with E-state index < -0.39 is 14.6 Å². The van der Waals surface area contributed by atoms with E-state index in [4.69, 9.17) is 0 Å². The molecular weight excluding hydrogens is 308 g/mol. The van der Waals surface area contributed by atoms with Crippen molar-refractivity contribution < 1.29 is 13.2 Å². The fourth-order valence-electron chi connectivity index (χ4n) is 2.38. The van der Waals surface area contributed by atoms with Gasteiger partial charge in [0.05, 0.1) is 10.8 Å². The Labute approximate surface area is 130 Å². The molecule has 0 bridgehead atoms. The molecule has 1 amide bonds. The normalized spacial score (nSPS) is 23.8. The van der Waals surface area contributed by atoms with Crippen molar-refractivity contribution in [1.82, 2.24) is 10.2 Å². The van der Waals surface area contributed by atoms with Crippen LogP contribution < -0.4 is 5.32 Å². The lowest BCUT2D eigenvalue weighted by Gasteiger charge is -2.32. The van der Waals surface area contributed by atoms with Gasteiger partial charge < -0.3 is 4.90 Å². The van der Waals surface area contributed by atoms with Gasteiger partial charge in [-0.1, -0.05) is 6.92 Å². The summed E-state index contributed by atoms with van der Waals surface area (Å²) in [5.41, 5.74) is 1.01. The Morgan fingerprint density at radius 2 is 2.10 bits per heavy atom. The molecule has 1 aliphatic rings. The highest BCUT2D eigenvalue weighted by atomic mass is 32.2. The number of nitrogens with zero attached hydrogens (tertiary/aromatic N) is 1. The standard InChI is InChI=1S/C14H22N2O3S2/c1-5-11-13(17)16(9-14(2,3)21(4,18)19)12(15-11)10-6-7-20-8-10/h6-8,11-12,15H,5,9H2,1-4H3. The minimum absolute atomic E-state index is 0.0228. The van der Waals surface area contributed by atoms with Crippen molar-refractivity contribution in [2.45, 2.75) is 44.1 Å². The van der Waals surface area contributed by atoms with Gasteiger partial charge in [0.25, 0.3) is 0 Å². The van der Waals surface area contributed by atoms with Gasteiger partial charge in [0.2, 0.25) is 5.91 Å². The third-order valence-corrected chi connectivity index (χ3v) is 6.91. The second-order valence-corrected chi connectivity index (χ2v) is 9.51. The van der Waals surface area contributed by atoms with Crippen LogP contribution in [0.15, 0.2) is 16.8 Å². The first-order valence-electron chi connectivity index (χ1n) is 6.95. The number of rotatable bonds is 5. The molecule has 1 N–H and O–H groups in total. The van der Waals surface area contributed by atoms with Gasteiger partial charge in [-0.05, 0) is 42.7 Å². The van der Waals surface area contributed by atoms with Crippen LogP contribution in [0.1, 0.15) is 38.9 Å². The van der Waals surface area contributed by atoms with Crippen LogP contribution in [0.25, 0.3) is 0 Å². The van der Waals surface area contributed by atoms with Crippen molar-refractivity contribution >= 4 is 27.1 Å². The summed E-state index contributed by atoms with van der Waals surface area (Å²) in [5.74, 6) is -0.0228. The highest BCUT2D eigenvalue weighted by Gasteiger charge is 2.43. The number of hydrogen-bond donors (Lipinski definition) is 1. The van der Waals surface area contributed by atoms with Gasteiger partial charge in [0.1, 0.15) is 6.17 Å². The summed E-state index contributed by atoms with van der Waals surface area (Å²) >= 11 is 1.57. The van der Waals surface area contributed by atoms with Crippen molar-refractivity contribution in [2.24, 2.45) is 0 Å². The predicted molar refractivity (Wildman–Crippen MR) is 84.9 cm³/mol. The Bertz CT molecular complexity index is 608. The zero-order chi connectivity index (χ0) is 15.8. The molecule has 7 heteroatoms. The van der Waals surface area contributed by atoms with Crippen LogP contribution in [0.3, 0.4) is 0 Å². The van der Waals surface area contributed by atoms with Crippen molar-refractivity contribution in [3.63, 3.8) is 0 Å². The van der Waals surface area contributed by atoms with E-state index in [0.717, 1.165) is 5.56 Å². The highest BCUT2D eigenvalue weighted by Crippen LogP contribution is 2.31. The van der Waals surface area contributed by atoms with Crippen molar-refractivity contribution in [2.75, 3.05) is 12.8 Å². The fraction of sp³-hybridized carbons (Fsp3) is 0.643. The Morgan fingerprint density at radius 3 is 2.57 bits per heavy atom. The molecule has 0 spiro atoms. The minimum atomic E-state index is -3.25. The Hall–Kier alpha value is -0.920. The minimum Gasteiger partial charge on any atom is -0.320 e. The molecule has 0 aromatic carbocycles. The first-order chi connectivity index (χ1) is 9.67. The SMILES string of the molecule is CCC1NC(c2ccsc2)N(CC(C)(C)S(C)(=O)=O)C1=O. The average Bonchev–Trinajstić information content (AvgIpc) is 2.97. The van der Waals surface area contributed by atoms with Gasteiger partial charge in [0, 0.05) is 12.8 Å². The first kappa shape index (κ1) is 16.5. The maximum Gasteiger partial charge on any atom is 0.241 e. The van der Waals surface area contributed by atoms with Crippen LogP contribution in [0.2, 0.25) is 0 Å². The summed E-state index contributed by atoms with van der Waals surface area (Å²) in [6, 6.07) is 1.72. The van der Waals surface area contributed by atoms with Crippen LogP contribution in [-0.2, 0) is 14.6 Å². The van der Waals surface area contributed by atoms with Crippen LogP contribution in [0, 0.1) is 0 Å². The monoisotopic (exact) mass is 330 g/mol. The van der Waals surface area contributed by atoms with Crippen LogP contribution in [-0.4, -0.2) is 42.8 Å². The van der Waals surface area contributed by atoms with Crippen molar-refractivity contribution in [1.29, 1.82) is 0 Å². The number of sulfone groups is 1. The zero-order valence-corrected chi connectivity index (χ0v) is 14.4. The first-order valence-corrected chi connectivity index (χ1v) is 9.79. The van der Waals surface area contributed by atoms with Crippen LogP contribution in [0.4, 0.5) is 0 Å². The topological polar surface area (TPSA) is 66.5 Å². The number of carbonyl (C=O) groups is 1. The molecule has 0 aliphatic carbocycles. The number of thiophene rings is 1. The van der Waals surface area contributed by atoms with E-state index in [1.165, 1.54) is 6.26 Å². The van der Waals surface area contributed by atoms with E-state index in [0.29, 0.717) is 6.42 Å². The van der Waals surface area contributed by atoms with Crippen molar-refractivity contribution in [3.05, 3.63) is 22.4 Å². The van der Waals surface area contributed by atoms with Gasteiger partial charge >= 0.3 is 0 Å². The predicted octanol–water partition coefficient (Wildman–Crippen LogP) is 1.78. The molecule has 1 aliphatic heterocycles. The van der Waals surface area contributed by atoms with Gasteiger partial charge in [-0.15, -0.1) is 0 Å². The summed E-state index contributed by atoms with van der Waals surface area (Å²) in [6.07, 6.45) is 1.67. The summed E-state index contributed by atoms with van der Waals surface area (Å²) < 4.78 is 22.9. The molecule has 5 nitrogen and oxygen atoms in total. The molecule has 0 saturated carbocycles. The van der Waals surface area contributed by atoms with E-state index in [-0.39, 0.29) is 24.7 Å². The molecule has 2 rings (SSSR count). The molecule has 118 valence electrons. The summed E-state index contributed by atoms with van der Waals surface area (Å²) in [4.78, 5) is 14.2. The Balaban J connectivity index is 2.31. The second-order valence-electron chi connectivity index (χ2n) is 6.08. The molecule has 0 radical (unpaired) electrons. The number of nitrogens with one attached hydrogen (secondary N) is 1. The highest BCUT2D eigenvalue weighted by molar-refractivity contribution is 7.92. The maximum atomic E-state index is 12.5. The molecule has 2 heterocycles. The van der Waals surface area contributed by atoms with Gasteiger partial charge in [0.15, 0.2) is 9.84 Å². The second kappa shape index (κ2) is 5.70. The molecule has 1 saturated heterocycles. The number of amides is 1. The van der Waals surface area contributed by atoms with E-state index >= 15 is 0 Å². The third-order valence-electron chi connectivity index (χ3n) is 4.07. The average molecular weight is 330 g/mol. The van der Waals surface area contributed by atoms with Crippen LogP contribution >= 0.6 is 11.3 Å². The maximum absolute atomic E-state index is 12.5. The lowest BCUT2D eigenvalue weighted by atomic mass is 10.1. The van der Waals surface area contributed by atoms with E-state index in [9.17, 15) is 13.2 Å². The van der Waals surface area contributed by atoms with Crippen LogP contribution in [0.5, 0.6) is 0 Å². The van der Waals surface area contributed by atoms with E-state index in [1.54, 1.807) is 30.1 Å². The Morgan fingerprint density at radius 1 is 1.43 bits per heavy atom. The molecule has 1 fully saturated rings. The molecule has 2 atom stereocenters. The summed E-state index contributed by atoms with van der Waals surface area (Å²) in [7, 11) is -3.25. The summed E-state index contributed by atoms with van der Waals surface area (Å²) in [5, 5.41) is 7.25. The molecular formula is C14H22N2O3S2. The lowest BCUT2D eigenvalue weighted by molar-refractivity contribution is -0.130. The van der Waals surface area contributed by atoms with E-state index in [2.05, 4.69) is 5.32 Å². The fourth-order valence-corrected chi connectivity index (χ4v) is 3.43. The van der Waals surface area contributed by atoms with E-state index in [1.807, 2.05) is 23.8 Å². The quantitative estimate of drug-likeness (QED) is 0.894. The van der Waals surface area contributed by atoms with Gasteiger partial charge in [-0.3, -0.25) is 10.1 Å². The molecule has 2 unspecified atom stereocenters. The largest absolute Gasteiger partial charge is 0.320 e. The summed E-state index contributed by atoms with van der Waals surface area (Å²) in [6.45, 7) is 5.47. The number of carbonyl (C=O) groups excluding carboxylic acids is 1. The van der Waals surface area contributed by atoms with Gasteiger partial charge in [-0.2, -0.15) is 11.3 Å². The molecule has 1 aromatic rings. The van der Waals surface area contributed by atoms with Crippen molar-refractivity contribution in [3.8, 4) is 0 Å². The van der Waals surface area contributed by atoms with Gasteiger partial charge in [-0.25, -0.2) is 8.42 Å². The smallest absolute Gasteiger partial charge is 0.241 e. The lowest BCUT2D eigenvalue weighted by Crippen LogP contribution is -2.46. The Kier molecular flexibility index (Phi) is 4.46. The third kappa shape index (κ3) is 3.14. The molecule has 21 heavy (non-hydrogen) atoms. The zero-order valence-electron chi connectivity index (χ0n) is 12.8. The molecule has 1 aromatic heterocycles. The number of hydrogen-bond acceptors (Lipinski definition) is 5.